The molecule has 68 valence electrons. The van der Waals surface area contributed by atoms with Crippen molar-refractivity contribution in [2.24, 2.45) is 7.05 Å². The number of nitrogens with zero attached hydrogens (tertiary/aromatic N) is 2. The van der Waals surface area contributed by atoms with Gasteiger partial charge in [0.2, 0.25) is 0 Å². The van der Waals surface area contributed by atoms with E-state index in [-0.39, 0.29) is 18.1 Å². The molecule has 1 heterocycles. The zero-order valence-electron chi connectivity index (χ0n) is 6.94. The zero-order chi connectivity index (χ0) is 8.43. The van der Waals surface area contributed by atoms with E-state index in [1.807, 2.05) is 6.92 Å². The quantitative estimate of drug-likeness (QED) is 0.760. The summed E-state index contributed by atoms with van der Waals surface area (Å²) in [5, 5.41) is 8.71. The first-order valence-corrected chi connectivity index (χ1v) is 3.40. The Labute approximate surface area is 76.6 Å². The van der Waals surface area contributed by atoms with Gasteiger partial charge in [-0.2, -0.15) is 0 Å². The Kier molecular flexibility index (Phi) is 3.76. The minimum Gasteiger partial charge on any atom is -0.477 e. The number of imidazole rings is 1. The number of carboxylic acids is 1. The average molecular weight is 191 g/mol. The van der Waals surface area contributed by atoms with Crippen LogP contribution in [-0.4, -0.2) is 20.6 Å². The Bertz CT molecular complexity index is 283. The Morgan fingerprint density at radius 1 is 1.75 bits per heavy atom. The van der Waals surface area contributed by atoms with Gasteiger partial charge in [0.15, 0.2) is 0 Å². The standard InChI is InChI=1S/C7H10N2O2.ClH/c1-3-5-6(7(10)11)9(2)4-8-5;/h4H,3H2,1-2H3,(H,10,11);1H. The van der Waals surface area contributed by atoms with Gasteiger partial charge in [-0.3, -0.25) is 0 Å². The summed E-state index contributed by atoms with van der Waals surface area (Å²) < 4.78 is 1.52. The number of carboxylic acid groups (broad SMARTS) is 1. The van der Waals surface area contributed by atoms with Gasteiger partial charge in [0, 0.05) is 7.05 Å². The third-order valence-corrected chi connectivity index (χ3v) is 1.55. The van der Waals surface area contributed by atoms with E-state index in [0.717, 1.165) is 0 Å². The highest BCUT2D eigenvalue weighted by Crippen LogP contribution is 2.05. The molecule has 0 saturated carbocycles. The van der Waals surface area contributed by atoms with Crippen molar-refractivity contribution < 1.29 is 9.90 Å². The van der Waals surface area contributed by atoms with Gasteiger partial charge >= 0.3 is 5.97 Å². The smallest absolute Gasteiger partial charge is 0.354 e. The molecule has 0 unspecified atom stereocenters. The Morgan fingerprint density at radius 3 is 2.67 bits per heavy atom. The van der Waals surface area contributed by atoms with Crippen molar-refractivity contribution in [2.45, 2.75) is 13.3 Å². The summed E-state index contributed by atoms with van der Waals surface area (Å²) in [6, 6.07) is 0. The molecule has 5 heteroatoms. The number of carbonyl (C=O) groups is 1. The lowest BCUT2D eigenvalue weighted by molar-refractivity contribution is 0.0685. The van der Waals surface area contributed by atoms with Crippen LogP contribution >= 0.6 is 12.4 Å². The van der Waals surface area contributed by atoms with E-state index in [2.05, 4.69) is 4.98 Å². The molecular formula is C7H11ClN2O2. The minimum absolute atomic E-state index is 0. The highest BCUT2D eigenvalue weighted by molar-refractivity contribution is 5.87. The van der Waals surface area contributed by atoms with Crippen LogP contribution in [0, 0.1) is 0 Å². The molecule has 0 atom stereocenters. The Morgan fingerprint density at radius 2 is 2.33 bits per heavy atom. The number of aromatic carboxylic acids is 1. The number of hydrogen-bond donors (Lipinski definition) is 1. The predicted molar refractivity (Wildman–Crippen MR) is 46.8 cm³/mol. The summed E-state index contributed by atoms with van der Waals surface area (Å²) in [5.74, 6) is -0.915. The lowest BCUT2D eigenvalue weighted by Gasteiger charge is -1.96. The van der Waals surface area contributed by atoms with Crippen molar-refractivity contribution in [1.82, 2.24) is 9.55 Å². The van der Waals surface area contributed by atoms with Gasteiger partial charge in [0.1, 0.15) is 5.69 Å². The molecule has 1 aromatic heterocycles. The maximum atomic E-state index is 10.6. The van der Waals surface area contributed by atoms with Crippen LogP contribution in [0.1, 0.15) is 23.1 Å². The Hall–Kier alpha value is -1.03. The lowest BCUT2D eigenvalue weighted by atomic mass is 10.2. The molecule has 0 spiro atoms. The van der Waals surface area contributed by atoms with Gasteiger partial charge in [0.05, 0.1) is 12.0 Å². The first-order chi connectivity index (χ1) is 5.16. The second-order valence-corrected chi connectivity index (χ2v) is 2.31. The molecular weight excluding hydrogens is 180 g/mol. The molecule has 0 amide bonds. The molecule has 0 aliphatic rings. The van der Waals surface area contributed by atoms with Crippen molar-refractivity contribution >= 4 is 18.4 Å². The molecule has 0 bridgehead atoms. The van der Waals surface area contributed by atoms with E-state index in [9.17, 15) is 4.79 Å². The second-order valence-electron chi connectivity index (χ2n) is 2.31. The fourth-order valence-corrected chi connectivity index (χ4v) is 1.01. The van der Waals surface area contributed by atoms with E-state index >= 15 is 0 Å². The van der Waals surface area contributed by atoms with Crippen molar-refractivity contribution in [3.05, 3.63) is 17.7 Å². The molecule has 1 aromatic rings. The molecule has 0 aliphatic heterocycles. The van der Waals surface area contributed by atoms with Crippen LogP contribution in [0.3, 0.4) is 0 Å². The van der Waals surface area contributed by atoms with Crippen LogP contribution in [0.15, 0.2) is 6.33 Å². The van der Waals surface area contributed by atoms with Gasteiger partial charge in [0.25, 0.3) is 0 Å². The van der Waals surface area contributed by atoms with E-state index < -0.39 is 5.97 Å². The van der Waals surface area contributed by atoms with Gasteiger partial charge in [-0.25, -0.2) is 9.78 Å². The van der Waals surface area contributed by atoms with Crippen LogP contribution in [0.5, 0.6) is 0 Å². The van der Waals surface area contributed by atoms with E-state index in [4.69, 9.17) is 5.11 Å². The first-order valence-electron chi connectivity index (χ1n) is 3.40. The number of hydrogen-bond acceptors (Lipinski definition) is 2. The SMILES string of the molecule is CCc1ncn(C)c1C(=O)O.Cl. The van der Waals surface area contributed by atoms with Gasteiger partial charge < -0.3 is 9.67 Å². The van der Waals surface area contributed by atoms with Crippen molar-refractivity contribution in [3.8, 4) is 0 Å². The zero-order valence-corrected chi connectivity index (χ0v) is 7.76. The predicted octanol–water partition coefficient (Wildman–Crippen LogP) is 1.10. The topological polar surface area (TPSA) is 55.1 Å². The number of rotatable bonds is 2. The van der Waals surface area contributed by atoms with Crippen LogP contribution in [0.4, 0.5) is 0 Å². The van der Waals surface area contributed by atoms with Gasteiger partial charge in [-0.1, -0.05) is 6.92 Å². The van der Waals surface area contributed by atoms with Crippen LogP contribution in [0.25, 0.3) is 0 Å². The molecule has 1 rings (SSSR count). The largest absolute Gasteiger partial charge is 0.477 e. The van der Waals surface area contributed by atoms with Crippen LogP contribution < -0.4 is 0 Å². The summed E-state index contributed by atoms with van der Waals surface area (Å²) in [4.78, 5) is 14.5. The third kappa shape index (κ3) is 1.76. The monoisotopic (exact) mass is 190 g/mol. The minimum atomic E-state index is -0.915. The van der Waals surface area contributed by atoms with E-state index in [0.29, 0.717) is 12.1 Å². The molecule has 0 radical (unpaired) electrons. The first kappa shape index (κ1) is 11.0. The summed E-state index contributed by atoms with van der Waals surface area (Å²) in [7, 11) is 1.68. The van der Waals surface area contributed by atoms with Crippen molar-refractivity contribution in [1.29, 1.82) is 0 Å². The number of halogens is 1. The normalized spacial score (nSPS) is 9.17. The summed E-state index contributed by atoms with van der Waals surface area (Å²) in [5.41, 5.74) is 0.924. The Balaban J connectivity index is 0.00000121. The fourth-order valence-electron chi connectivity index (χ4n) is 1.01. The molecule has 4 nitrogen and oxygen atoms in total. The maximum Gasteiger partial charge on any atom is 0.354 e. The van der Waals surface area contributed by atoms with Crippen molar-refractivity contribution in [3.63, 3.8) is 0 Å². The lowest BCUT2D eigenvalue weighted by Crippen LogP contribution is -2.06. The van der Waals surface area contributed by atoms with Crippen LogP contribution in [-0.2, 0) is 13.5 Å². The molecule has 0 saturated heterocycles. The van der Waals surface area contributed by atoms with E-state index in [1.165, 1.54) is 10.9 Å². The number of aryl methyl sites for hydroxylation is 2. The molecule has 12 heavy (non-hydrogen) atoms. The highest BCUT2D eigenvalue weighted by atomic mass is 35.5. The summed E-state index contributed by atoms with van der Waals surface area (Å²) >= 11 is 0. The fraction of sp³-hybridized carbons (Fsp3) is 0.429. The molecule has 1 N–H and O–H groups in total. The average Bonchev–Trinajstić information content (AvgIpc) is 2.30. The van der Waals surface area contributed by atoms with Gasteiger partial charge in [-0.15, -0.1) is 12.4 Å². The maximum absolute atomic E-state index is 10.6. The summed E-state index contributed by atoms with van der Waals surface area (Å²) in [6.07, 6.45) is 2.17. The second kappa shape index (κ2) is 4.11. The van der Waals surface area contributed by atoms with Gasteiger partial charge in [-0.05, 0) is 6.42 Å². The van der Waals surface area contributed by atoms with Crippen LogP contribution in [0.2, 0.25) is 0 Å². The summed E-state index contributed by atoms with van der Waals surface area (Å²) in [6.45, 7) is 1.88. The number of aromatic nitrogens is 2. The molecule has 0 aliphatic carbocycles. The van der Waals surface area contributed by atoms with Crippen molar-refractivity contribution in [2.75, 3.05) is 0 Å². The van der Waals surface area contributed by atoms with E-state index in [1.54, 1.807) is 7.05 Å². The molecule has 0 fully saturated rings. The third-order valence-electron chi connectivity index (χ3n) is 1.55. The molecule has 0 aromatic carbocycles. The highest BCUT2D eigenvalue weighted by Gasteiger charge is 2.13.